The first-order chi connectivity index (χ1) is 30.4. The SMILES string of the molecule is COC(=O)Oc1ccc(C[S+](C)c2ccccc2)cc1.Fc1c(F)c(F)c([B-](c2c(F)c(F)c(F)c(F)c2F)(c2c(F)c(F)c(F)c(F)c2F)c2c(F)c(F)c(F)c(F)c2F)c(F)c1F. The van der Waals surface area contributed by atoms with Crippen molar-refractivity contribution >= 4 is 45.0 Å². The van der Waals surface area contributed by atoms with Crippen LogP contribution in [0.25, 0.3) is 0 Å². The molecule has 0 aliphatic carbocycles. The van der Waals surface area contributed by atoms with E-state index in [1.54, 1.807) is 12.1 Å². The lowest BCUT2D eigenvalue weighted by atomic mass is 9.12. The fourth-order valence-electron chi connectivity index (χ4n) is 6.65. The normalized spacial score (nSPS) is 11.9. The first-order valence-electron chi connectivity index (χ1n) is 17.1. The van der Waals surface area contributed by atoms with Crippen LogP contribution >= 0.6 is 0 Å². The maximum absolute atomic E-state index is 15.4. The van der Waals surface area contributed by atoms with Gasteiger partial charge in [-0.2, -0.15) is 0 Å². The zero-order valence-electron chi connectivity index (χ0n) is 31.7. The van der Waals surface area contributed by atoms with Gasteiger partial charge in [0.1, 0.15) is 70.4 Å². The van der Waals surface area contributed by atoms with Gasteiger partial charge < -0.3 is 9.47 Å². The molecule has 0 aliphatic rings. The Morgan fingerprint density at radius 2 is 0.677 bits per heavy atom. The number of carbonyl (C=O) groups is 1. The monoisotopic (exact) mass is 968 g/mol. The topological polar surface area (TPSA) is 35.5 Å². The Balaban J connectivity index is 0.000000330. The molecule has 0 saturated heterocycles. The lowest BCUT2D eigenvalue weighted by molar-refractivity contribution is 0.121. The molecule has 0 radical (unpaired) electrons. The van der Waals surface area contributed by atoms with E-state index in [0.29, 0.717) is 5.75 Å². The number of benzene rings is 6. The van der Waals surface area contributed by atoms with Gasteiger partial charge in [-0.15, -0.1) is 21.9 Å². The molecule has 1 atom stereocenters. The van der Waals surface area contributed by atoms with Gasteiger partial charge in [0.15, 0.2) is 74.7 Å². The first kappa shape index (κ1) is 49.6. The van der Waals surface area contributed by atoms with Crippen molar-refractivity contribution in [2.24, 2.45) is 0 Å². The molecule has 344 valence electrons. The summed E-state index contributed by atoms with van der Waals surface area (Å²) in [5.74, 6) is -69.9. The van der Waals surface area contributed by atoms with Crippen LogP contribution in [0.4, 0.5) is 92.6 Å². The summed E-state index contributed by atoms with van der Waals surface area (Å²) in [4.78, 5) is 12.3. The van der Waals surface area contributed by atoms with Crippen LogP contribution in [0.3, 0.4) is 0 Å². The van der Waals surface area contributed by atoms with Gasteiger partial charge in [0.05, 0.1) is 7.11 Å². The van der Waals surface area contributed by atoms with Crippen LogP contribution in [0, 0.1) is 116 Å². The van der Waals surface area contributed by atoms with Gasteiger partial charge in [-0.05, 0) is 24.3 Å². The highest BCUT2D eigenvalue weighted by Crippen LogP contribution is 2.31. The van der Waals surface area contributed by atoms with Crippen LogP contribution in [0.15, 0.2) is 59.5 Å². The molecule has 6 aromatic rings. The fraction of sp³-hybridized carbons (Fsp3) is 0.0750. The highest BCUT2D eigenvalue weighted by atomic mass is 32.2. The zero-order valence-corrected chi connectivity index (χ0v) is 32.5. The van der Waals surface area contributed by atoms with Crippen molar-refractivity contribution in [2.45, 2.75) is 10.6 Å². The average Bonchev–Trinajstić information content (AvgIpc) is 3.29. The zero-order chi connectivity index (χ0) is 48.7. The van der Waals surface area contributed by atoms with Crippen molar-refractivity contribution in [3.05, 3.63) is 177 Å². The number of carbonyl (C=O) groups excluding carboxylic acids is 1. The van der Waals surface area contributed by atoms with Gasteiger partial charge >= 0.3 is 6.16 Å². The number of rotatable bonds is 8. The number of halogens is 20. The summed E-state index contributed by atoms with van der Waals surface area (Å²) in [6, 6.07) is 18.0. The fourth-order valence-corrected chi connectivity index (χ4v) is 8.13. The molecule has 6 rings (SSSR count). The van der Waals surface area contributed by atoms with E-state index in [-0.39, 0.29) is 10.9 Å². The summed E-state index contributed by atoms with van der Waals surface area (Å²) in [6.07, 6.45) is -5.68. The quantitative estimate of drug-likeness (QED) is 0.0290. The Bertz CT molecular complexity index is 2470. The van der Waals surface area contributed by atoms with Crippen molar-refractivity contribution in [1.29, 1.82) is 0 Å². The molecule has 3 nitrogen and oxygen atoms in total. The molecule has 6 aromatic carbocycles. The Kier molecular flexibility index (Phi) is 14.5. The summed E-state index contributed by atoms with van der Waals surface area (Å²) < 4.78 is 303. The van der Waals surface area contributed by atoms with Crippen LogP contribution in [-0.2, 0) is 21.4 Å². The lowest BCUT2D eigenvalue weighted by Gasteiger charge is -2.44. The third-order valence-corrected chi connectivity index (χ3v) is 11.4. The second kappa shape index (κ2) is 19.0. The van der Waals surface area contributed by atoms with Crippen molar-refractivity contribution in [3.63, 3.8) is 0 Å². The van der Waals surface area contributed by atoms with Crippen LogP contribution in [0.2, 0.25) is 0 Å². The van der Waals surface area contributed by atoms with Crippen LogP contribution in [0.5, 0.6) is 5.75 Å². The van der Waals surface area contributed by atoms with E-state index in [0.717, 1.165) is 5.75 Å². The molecule has 0 fully saturated rings. The summed E-state index contributed by atoms with van der Waals surface area (Å²) >= 11 is 0. The predicted molar refractivity (Wildman–Crippen MR) is 190 cm³/mol. The third kappa shape index (κ3) is 8.40. The lowest BCUT2D eigenvalue weighted by Crippen LogP contribution is -2.81. The third-order valence-electron chi connectivity index (χ3n) is 9.53. The molecule has 0 N–H and O–H groups in total. The number of ether oxygens (including phenoxy) is 2. The molecule has 0 aromatic heterocycles. The van der Waals surface area contributed by atoms with Crippen LogP contribution < -0.4 is 26.6 Å². The summed E-state index contributed by atoms with van der Waals surface area (Å²) in [7, 11) is 1.46. The Morgan fingerprint density at radius 1 is 0.415 bits per heavy atom. The van der Waals surface area contributed by atoms with Gasteiger partial charge in [-0.3, -0.25) is 0 Å². The molecule has 0 saturated carbocycles. The van der Waals surface area contributed by atoms with E-state index in [2.05, 4.69) is 35.3 Å². The second-order valence-corrected chi connectivity index (χ2v) is 15.1. The van der Waals surface area contributed by atoms with Gasteiger partial charge in [-0.1, -0.05) is 30.3 Å². The molecule has 0 heterocycles. The van der Waals surface area contributed by atoms with E-state index in [9.17, 15) is 57.5 Å². The highest BCUT2D eigenvalue weighted by molar-refractivity contribution is 7.95. The summed E-state index contributed by atoms with van der Waals surface area (Å²) in [5, 5.41) is 0. The van der Waals surface area contributed by atoms with Crippen molar-refractivity contribution in [3.8, 4) is 5.75 Å². The minimum absolute atomic E-state index is 0.164. The molecule has 0 aliphatic heterocycles. The molecule has 65 heavy (non-hydrogen) atoms. The summed E-state index contributed by atoms with van der Waals surface area (Å²) in [6.45, 7) is 0. The molecule has 0 bridgehead atoms. The summed E-state index contributed by atoms with van der Waals surface area (Å²) in [5.41, 5.74) is -13.1. The molecular formula is C40H17BF20O3S. The van der Waals surface area contributed by atoms with E-state index < -0.39 is 150 Å². The average molecular weight is 968 g/mol. The minimum atomic E-state index is -7.22. The molecule has 1 unspecified atom stereocenters. The molecule has 25 heteroatoms. The predicted octanol–water partition coefficient (Wildman–Crippen LogP) is 9.48. The van der Waals surface area contributed by atoms with Crippen molar-refractivity contribution in [2.75, 3.05) is 13.4 Å². The Labute approximate surface area is 353 Å². The van der Waals surface area contributed by atoms with E-state index in [1.807, 2.05) is 18.2 Å². The van der Waals surface area contributed by atoms with Gasteiger partial charge in [-0.25, -0.2) is 92.6 Å². The molecule has 0 spiro atoms. The van der Waals surface area contributed by atoms with Gasteiger partial charge in [0, 0.05) is 16.5 Å². The minimum Gasteiger partial charge on any atom is -0.437 e. The largest absolute Gasteiger partial charge is 0.513 e. The standard InChI is InChI=1S/C24BF20.C16H17O3S/c26-5-1(6(27)14(35)21(42)13(5)34)25(2-7(28)15(36)22(43)16(37)8(2)29,3-9(30)17(38)23(44)18(39)10(3)31)4-11(32)19(40)24(45)20(41)12(4)33;1-18-16(17)19-14-10-8-13(9-11-14)12-20(2)15-6-4-3-5-7-15/h;3-11H,12H2,1-2H3/q-1;+1. The second-order valence-electron chi connectivity index (χ2n) is 13.1. The van der Waals surface area contributed by atoms with E-state index >= 15 is 35.1 Å². The van der Waals surface area contributed by atoms with Crippen molar-refractivity contribution < 1.29 is 102 Å². The highest BCUT2D eigenvalue weighted by Gasteiger charge is 2.52. The number of methoxy groups -OCH3 is 1. The van der Waals surface area contributed by atoms with Gasteiger partial charge in [0.2, 0.25) is 0 Å². The maximum Gasteiger partial charge on any atom is 0.513 e. The maximum atomic E-state index is 15.4. The van der Waals surface area contributed by atoms with Gasteiger partial charge in [0.25, 0.3) is 0 Å². The number of hydrogen-bond acceptors (Lipinski definition) is 3. The van der Waals surface area contributed by atoms with E-state index in [1.165, 1.54) is 17.6 Å². The Hall–Kier alpha value is -6.40. The smallest absolute Gasteiger partial charge is 0.437 e. The van der Waals surface area contributed by atoms with Crippen LogP contribution in [0.1, 0.15) is 5.56 Å². The van der Waals surface area contributed by atoms with E-state index in [4.69, 9.17) is 4.74 Å². The Morgan fingerprint density at radius 3 is 0.938 bits per heavy atom. The van der Waals surface area contributed by atoms with Crippen molar-refractivity contribution in [1.82, 2.24) is 0 Å². The molecule has 0 amide bonds. The van der Waals surface area contributed by atoms with Crippen LogP contribution in [-0.4, -0.2) is 25.7 Å². The number of hydrogen-bond donors (Lipinski definition) is 0. The molecular weight excluding hydrogens is 951 g/mol. The first-order valence-corrected chi connectivity index (χ1v) is 18.9.